The van der Waals surface area contributed by atoms with Gasteiger partial charge >= 0.3 is 12.0 Å². The molecule has 6 heteroatoms. The van der Waals surface area contributed by atoms with Crippen LogP contribution >= 0.6 is 0 Å². The van der Waals surface area contributed by atoms with E-state index in [2.05, 4.69) is 5.32 Å². The molecule has 1 fully saturated rings. The third-order valence-electron chi connectivity index (χ3n) is 3.92. The Kier molecular flexibility index (Phi) is 7.19. The summed E-state index contributed by atoms with van der Waals surface area (Å²) >= 11 is 0. The number of hydrogen-bond acceptors (Lipinski definition) is 3. The zero-order valence-electron chi connectivity index (χ0n) is 12.9. The number of carboxylic acids is 1. The van der Waals surface area contributed by atoms with Gasteiger partial charge in [0.05, 0.1) is 0 Å². The van der Waals surface area contributed by atoms with Gasteiger partial charge in [0.15, 0.2) is 0 Å². The first kappa shape index (κ1) is 17.5. The molecule has 0 spiro atoms. The van der Waals surface area contributed by atoms with Gasteiger partial charge in [-0.1, -0.05) is 26.2 Å². The fraction of sp³-hybridized carbons (Fsp3) is 0.800. The van der Waals surface area contributed by atoms with Gasteiger partial charge in [-0.05, 0) is 25.7 Å². The standard InChI is InChI=1S/C15H26N2O4/c1-3-17(12-7-5-4-6-8-12)15(21)16-13(18)9-11(2)10-14(19)20/h11-12H,3-10H2,1-2H3,(H,19,20)(H,16,18,21). The smallest absolute Gasteiger partial charge is 0.324 e. The molecule has 1 saturated carbocycles. The molecule has 0 saturated heterocycles. The van der Waals surface area contributed by atoms with Gasteiger partial charge in [0, 0.05) is 25.4 Å². The van der Waals surface area contributed by atoms with Crippen molar-refractivity contribution in [3.05, 3.63) is 0 Å². The van der Waals surface area contributed by atoms with E-state index in [1.165, 1.54) is 6.42 Å². The van der Waals surface area contributed by atoms with Crippen molar-refractivity contribution < 1.29 is 19.5 Å². The maximum absolute atomic E-state index is 12.2. The number of urea groups is 1. The minimum atomic E-state index is -0.931. The predicted octanol–water partition coefficient (Wildman–Crippen LogP) is 2.38. The van der Waals surface area contributed by atoms with Crippen LogP contribution in [0.4, 0.5) is 4.79 Å². The Bertz CT molecular complexity index is 378. The lowest BCUT2D eigenvalue weighted by Crippen LogP contribution is -2.48. The Hall–Kier alpha value is -1.59. The van der Waals surface area contributed by atoms with Gasteiger partial charge in [-0.3, -0.25) is 14.9 Å². The summed E-state index contributed by atoms with van der Waals surface area (Å²) < 4.78 is 0. The second kappa shape index (κ2) is 8.64. The minimum Gasteiger partial charge on any atom is -0.481 e. The molecule has 0 aromatic heterocycles. The highest BCUT2D eigenvalue weighted by Crippen LogP contribution is 2.22. The van der Waals surface area contributed by atoms with Gasteiger partial charge in [-0.15, -0.1) is 0 Å². The number of nitrogens with zero attached hydrogens (tertiary/aromatic N) is 1. The number of carbonyl (C=O) groups is 3. The van der Waals surface area contributed by atoms with Crippen LogP contribution < -0.4 is 5.32 Å². The summed E-state index contributed by atoms with van der Waals surface area (Å²) in [4.78, 5) is 36.3. The average Bonchev–Trinajstić information content (AvgIpc) is 2.39. The third kappa shape index (κ3) is 6.14. The molecule has 6 nitrogen and oxygen atoms in total. The highest BCUT2D eigenvalue weighted by molar-refractivity contribution is 5.94. The molecule has 0 heterocycles. The Morgan fingerprint density at radius 3 is 2.33 bits per heavy atom. The van der Waals surface area contributed by atoms with Crippen molar-refractivity contribution in [1.29, 1.82) is 0 Å². The van der Waals surface area contributed by atoms with Crippen LogP contribution in [0.15, 0.2) is 0 Å². The molecule has 21 heavy (non-hydrogen) atoms. The second-order valence-corrected chi connectivity index (χ2v) is 5.84. The Morgan fingerprint density at radius 2 is 1.81 bits per heavy atom. The van der Waals surface area contributed by atoms with Crippen molar-refractivity contribution in [2.45, 2.75) is 64.8 Å². The van der Waals surface area contributed by atoms with E-state index in [1.807, 2.05) is 6.92 Å². The van der Waals surface area contributed by atoms with Gasteiger partial charge in [-0.25, -0.2) is 4.79 Å². The predicted molar refractivity (Wildman–Crippen MR) is 78.8 cm³/mol. The lowest BCUT2D eigenvalue weighted by Gasteiger charge is -2.33. The summed E-state index contributed by atoms with van der Waals surface area (Å²) in [5.74, 6) is -1.61. The number of carbonyl (C=O) groups excluding carboxylic acids is 2. The van der Waals surface area contributed by atoms with E-state index in [-0.39, 0.29) is 30.8 Å². The van der Waals surface area contributed by atoms with E-state index < -0.39 is 11.9 Å². The molecule has 0 aromatic rings. The summed E-state index contributed by atoms with van der Waals surface area (Å²) in [6, 6.07) is -0.134. The molecular formula is C15H26N2O4. The van der Waals surface area contributed by atoms with Gasteiger partial charge in [0.1, 0.15) is 0 Å². The quantitative estimate of drug-likeness (QED) is 0.788. The molecule has 1 unspecified atom stereocenters. The van der Waals surface area contributed by atoms with E-state index >= 15 is 0 Å². The molecule has 0 bridgehead atoms. The number of aliphatic carboxylic acids is 1. The first-order valence-corrected chi connectivity index (χ1v) is 7.76. The molecule has 1 rings (SSSR count). The maximum atomic E-state index is 12.2. The van der Waals surface area contributed by atoms with Gasteiger partial charge in [-0.2, -0.15) is 0 Å². The molecule has 0 aromatic carbocycles. The fourth-order valence-electron chi connectivity index (χ4n) is 2.89. The first-order chi connectivity index (χ1) is 9.93. The molecule has 2 N–H and O–H groups in total. The summed E-state index contributed by atoms with van der Waals surface area (Å²) in [6.45, 7) is 4.18. The number of nitrogens with one attached hydrogen (secondary N) is 1. The number of carboxylic acid groups (broad SMARTS) is 1. The molecule has 3 amide bonds. The average molecular weight is 298 g/mol. The van der Waals surface area contributed by atoms with Gasteiger partial charge < -0.3 is 10.0 Å². The molecule has 0 aliphatic heterocycles. The molecule has 1 aliphatic rings. The summed E-state index contributed by atoms with van der Waals surface area (Å²) in [6.07, 6.45) is 5.43. The fourth-order valence-corrected chi connectivity index (χ4v) is 2.89. The van der Waals surface area contributed by atoms with E-state index in [9.17, 15) is 14.4 Å². The number of imide groups is 1. The van der Waals surface area contributed by atoms with Gasteiger partial charge in [0.2, 0.25) is 5.91 Å². The lowest BCUT2D eigenvalue weighted by atomic mass is 9.94. The van der Waals surface area contributed by atoms with Crippen LogP contribution in [0.25, 0.3) is 0 Å². The number of hydrogen-bond donors (Lipinski definition) is 2. The summed E-state index contributed by atoms with van der Waals surface area (Å²) in [5, 5.41) is 11.1. The van der Waals surface area contributed by atoms with Crippen LogP contribution in [-0.2, 0) is 9.59 Å². The topological polar surface area (TPSA) is 86.7 Å². The van der Waals surface area contributed by atoms with Crippen molar-refractivity contribution in [1.82, 2.24) is 10.2 Å². The van der Waals surface area contributed by atoms with E-state index in [0.717, 1.165) is 25.7 Å². The number of amides is 3. The Balaban J connectivity index is 2.45. The zero-order chi connectivity index (χ0) is 15.8. The van der Waals surface area contributed by atoms with Crippen LogP contribution in [0.5, 0.6) is 0 Å². The van der Waals surface area contributed by atoms with Crippen LogP contribution in [0.3, 0.4) is 0 Å². The summed E-state index contributed by atoms with van der Waals surface area (Å²) in [7, 11) is 0. The second-order valence-electron chi connectivity index (χ2n) is 5.84. The monoisotopic (exact) mass is 298 g/mol. The molecule has 1 aliphatic carbocycles. The van der Waals surface area contributed by atoms with Crippen LogP contribution in [-0.4, -0.2) is 40.5 Å². The summed E-state index contributed by atoms with van der Waals surface area (Å²) in [5.41, 5.74) is 0. The molecule has 0 radical (unpaired) electrons. The van der Waals surface area contributed by atoms with E-state index in [1.54, 1.807) is 11.8 Å². The van der Waals surface area contributed by atoms with Crippen LogP contribution in [0.1, 0.15) is 58.8 Å². The maximum Gasteiger partial charge on any atom is 0.324 e. The van der Waals surface area contributed by atoms with E-state index in [4.69, 9.17) is 5.11 Å². The number of rotatable bonds is 6. The van der Waals surface area contributed by atoms with Crippen molar-refractivity contribution in [3.8, 4) is 0 Å². The minimum absolute atomic E-state index is 0.0558. The van der Waals surface area contributed by atoms with Crippen molar-refractivity contribution >= 4 is 17.9 Å². The lowest BCUT2D eigenvalue weighted by molar-refractivity contribution is -0.138. The Labute approximate surface area is 125 Å². The largest absolute Gasteiger partial charge is 0.481 e. The molecule has 1 atom stereocenters. The molecule has 120 valence electrons. The SMILES string of the molecule is CCN(C(=O)NC(=O)CC(C)CC(=O)O)C1CCCCC1. The Morgan fingerprint density at radius 1 is 1.19 bits per heavy atom. The van der Waals surface area contributed by atoms with Crippen molar-refractivity contribution in [2.24, 2.45) is 5.92 Å². The normalized spacial score (nSPS) is 17.0. The highest BCUT2D eigenvalue weighted by Gasteiger charge is 2.25. The van der Waals surface area contributed by atoms with E-state index in [0.29, 0.717) is 6.54 Å². The first-order valence-electron chi connectivity index (χ1n) is 7.76. The molecular weight excluding hydrogens is 272 g/mol. The van der Waals surface area contributed by atoms with Crippen LogP contribution in [0, 0.1) is 5.92 Å². The van der Waals surface area contributed by atoms with Crippen LogP contribution in [0.2, 0.25) is 0 Å². The van der Waals surface area contributed by atoms with Crippen molar-refractivity contribution in [2.75, 3.05) is 6.54 Å². The highest BCUT2D eigenvalue weighted by atomic mass is 16.4. The van der Waals surface area contributed by atoms with Crippen molar-refractivity contribution in [3.63, 3.8) is 0 Å². The van der Waals surface area contributed by atoms with Gasteiger partial charge in [0.25, 0.3) is 0 Å². The third-order valence-corrected chi connectivity index (χ3v) is 3.92. The zero-order valence-corrected chi connectivity index (χ0v) is 12.9.